The van der Waals surface area contributed by atoms with Crippen molar-refractivity contribution in [1.29, 1.82) is 0 Å². The van der Waals surface area contributed by atoms with Crippen LogP contribution in [0.2, 0.25) is 5.02 Å². The van der Waals surface area contributed by atoms with Crippen LogP contribution in [0.1, 0.15) is 5.56 Å². The molecule has 0 radical (unpaired) electrons. The third-order valence-corrected chi connectivity index (χ3v) is 4.48. The summed E-state index contributed by atoms with van der Waals surface area (Å²) in [6.45, 7) is 9.19. The number of aromatic nitrogens is 3. The molecule has 0 fully saturated rings. The molecule has 0 saturated heterocycles. The van der Waals surface area contributed by atoms with Gasteiger partial charge in [0.2, 0.25) is 0 Å². The quantitative estimate of drug-likeness (QED) is 0.493. The lowest BCUT2D eigenvalue weighted by molar-refractivity contribution is 0.363. The van der Waals surface area contributed by atoms with E-state index in [1.165, 1.54) is 12.4 Å². The first kappa shape index (κ1) is 20.7. The van der Waals surface area contributed by atoms with Gasteiger partial charge in [-0.3, -0.25) is 4.90 Å². The topological polar surface area (TPSA) is 66.0 Å². The summed E-state index contributed by atoms with van der Waals surface area (Å²) in [5.41, 5.74) is 2.67. The molecule has 29 heavy (non-hydrogen) atoms. The number of anilines is 3. The minimum Gasteiger partial charge on any atom is -0.367 e. The molecule has 0 atom stereocenters. The van der Waals surface area contributed by atoms with Crippen LogP contribution in [-0.4, -0.2) is 40.0 Å². The molecular formula is C21H22ClFN6. The Kier molecular flexibility index (Phi) is 6.74. The van der Waals surface area contributed by atoms with Crippen LogP contribution in [0.3, 0.4) is 0 Å². The van der Waals surface area contributed by atoms with Crippen LogP contribution in [0, 0.1) is 5.82 Å². The molecule has 2 N–H and O–H groups in total. The lowest BCUT2D eigenvalue weighted by Crippen LogP contribution is -2.18. The first-order valence-corrected chi connectivity index (χ1v) is 9.40. The van der Waals surface area contributed by atoms with Crippen molar-refractivity contribution in [2.45, 2.75) is 6.54 Å². The van der Waals surface area contributed by atoms with Crippen molar-refractivity contribution in [2.75, 3.05) is 30.8 Å². The monoisotopic (exact) mass is 412 g/mol. The van der Waals surface area contributed by atoms with Gasteiger partial charge in [-0.05, 0) is 36.9 Å². The molecule has 0 aliphatic heterocycles. The van der Waals surface area contributed by atoms with Gasteiger partial charge in [-0.15, -0.1) is 13.2 Å². The summed E-state index contributed by atoms with van der Waals surface area (Å²) in [6.07, 6.45) is 5.00. The van der Waals surface area contributed by atoms with Gasteiger partial charge in [0.1, 0.15) is 23.5 Å². The Hall–Kier alpha value is -3.03. The van der Waals surface area contributed by atoms with Gasteiger partial charge in [-0.2, -0.15) is 0 Å². The van der Waals surface area contributed by atoms with E-state index in [0.717, 1.165) is 5.56 Å². The van der Waals surface area contributed by atoms with Gasteiger partial charge in [0, 0.05) is 25.3 Å². The van der Waals surface area contributed by atoms with Gasteiger partial charge in [-0.25, -0.2) is 19.3 Å². The molecule has 0 amide bonds. The second kappa shape index (κ2) is 9.45. The molecule has 1 aromatic carbocycles. The fourth-order valence-electron chi connectivity index (χ4n) is 2.85. The van der Waals surface area contributed by atoms with Crippen molar-refractivity contribution in [3.05, 3.63) is 72.3 Å². The van der Waals surface area contributed by atoms with Gasteiger partial charge in [0.15, 0.2) is 5.82 Å². The number of likely N-dealkylation sites (N-methyl/N-ethyl adjacent to an activating group) is 1. The number of halogens is 2. The number of nitrogens with one attached hydrogen (secondary N) is 2. The van der Waals surface area contributed by atoms with E-state index in [1.807, 2.05) is 24.1 Å². The molecular weight excluding hydrogens is 391 g/mol. The van der Waals surface area contributed by atoms with Crippen LogP contribution in [0.4, 0.5) is 21.7 Å². The van der Waals surface area contributed by atoms with Crippen LogP contribution in [-0.2, 0) is 6.54 Å². The molecule has 0 spiro atoms. The highest BCUT2D eigenvalue weighted by Crippen LogP contribution is 2.29. The Balaban J connectivity index is 2.00. The minimum atomic E-state index is -0.471. The fourth-order valence-corrected chi connectivity index (χ4v) is 3.01. The van der Waals surface area contributed by atoms with Gasteiger partial charge >= 0.3 is 0 Å². The molecule has 2 heterocycles. The van der Waals surface area contributed by atoms with Gasteiger partial charge in [0.25, 0.3) is 0 Å². The van der Waals surface area contributed by atoms with Crippen LogP contribution >= 0.6 is 11.6 Å². The Labute approximate surface area is 174 Å². The minimum absolute atomic E-state index is 0.0299. The first-order chi connectivity index (χ1) is 14.0. The second-order valence-corrected chi connectivity index (χ2v) is 6.90. The maximum absolute atomic E-state index is 14.1. The van der Waals surface area contributed by atoms with Crippen LogP contribution in [0.15, 0.2) is 55.9 Å². The normalized spacial score (nSPS) is 10.9. The van der Waals surface area contributed by atoms with E-state index in [0.29, 0.717) is 48.0 Å². The zero-order valence-corrected chi connectivity index (χ0v) is 16.9. The summed E-state index contributed by atoms with van der Waals surface area (Å²) < 4.78 is 14.1. The Morgan fingerprint density at radius 1 is 1.21 bits per heavy atom. The number of rotatable bonds is 9. The van der Waals surface area contributed by atoms with Crippen LogP contribution in [0.25, 0.3) is 11.0 Å². The van der Waals surface area contributed by atoms with Crippen molar-refractivity contribution >= 4 is 40.0 Å². The number of nitrogens with zero attached hydrogens (tertiary/aromatic N) is 4. The third-order valence-electron chi connectivity index (χ3n) is 4.19. The lowest BCUT2D eigenvalue weighted by Gasteiger charge is -2.19. The highest BCUT2D eigenvalue weighted by Gasteiger charge is 2.14. The number of fused-ring (bicyclic) bond motifs is 1. The van der Waals surface area contributed by atoms with Gasteiger partial charge < -0.3 is 10.6 Å². The molecule has 3 rings (SSSR count). The number of hydrogen-bond donors (Lipinski definition) is 2. The largest absolute Gasteiger partial charge is 0.367 e. The zero-order chi connectivity index (χ0) is 20.8. The van der Waals surface area contributed by atoms with Crippen molar-refractivity contribution in [2.24, 2.45) is 0 Å². The summed E-state index contributed by atoms with van der Waals surface area (Å²) in [5.74, 6) is 0.715. The van der Waals surface area contributed by atoms with Crippen molar-refractivity contribution < 1.29 is 4.39 Å². The maximum atomic E-state index is 14.1. The molecule has 8 heteroatoms. The van der Waals surface area contributed by atoms with E-state index in [2.05, 4.69) is 38.7 Å². The van der Waals surface area contributed by atoms with E-state index in [1.54, 1.807) is 18.2 Å². The molecule has 0 aliphatic carbocycles. The highest BCUT2D eigenvalue weighted by molar-refractivity contribution is 6.31. The predicted octanol–water partition coefficient (Wildman–Crippen LogP) is 4.78. The average Bonchev–Trinajstić information content (AvgIpc) is 2.70. The first-order valence-electron chi connectivity index (χ1n) is 9.02. The van der Waals surface area contributed by atoms with Crippen molar-refractivity contribution in [3.8, 4) is 0 Å². The van der Waals surface area contributed by atoms with Gasteiger partial charge in [-0.1, -0.05) is 23.8 Å². The third kappa shape index (κ3) is 5.07. The SMILES string of the molecule is C=CCNc1ccc2ncnc(Nc3cc(Cl)c(F)cc3CN(C)CC=C)c2n1. The van der Waals surface area contributed by atoms with Gasteiger partial charge in [0.05, 0.1) is 10.5 Å². The molecule has 0 bridgehead atoms. The summed E-state index contributed by atoms with van der Waals surface area (Å²) in [5, 5.41) is 6.43. The highest BCUT2D eigenvalue weighted by atomic mass is 35.5. The Morgan fingerprint density at radius 2 is 2.03 bits per heavy atom. The number of benzene rings is 1. The van der Waals surface area contributed by atoms with Crippen LogP contribution in [0.5, 0.6) is 0 Å². The zero-order valence-electron chi connectivity index (χ0n) is 16.1. The Bertz CT molecular complexity index is 1040. The van der Waals surface area contributed by atoms with E-state index >= 15 is 0 Å². The smallest absolute Gasteiger partial charge is 0.160 e. The second-order valence-electron chi connectivity index (χ2n) is 6.49. The molecule has 2 aromatic heterocycles. The number of pyridine rings is 1. The van der Waals surface area contributed by atoms with E-state index in [-0.39, 0.29) is 5.02 Å². The van der Waals surface area contributed by atoms with Crippen molar-refractivity contribution in [1.82, 2.24) is 19.9 Å². The molecule has 0 unspecified atom stereocenters. The summed E-state index contributed by atoms with van der Waals surface area (Å²) in [7, 11) is 1.93. The summed E-state index contributed by atoms with van der Waals surface area (Å²) >= 11 is 6.04. The fraction of sp³-hybridized carbons (Fsp3) is 0.190. The van der Waals surface area contributed by atoms with Crippen LogP contribution < -0.4 is 10.6 Å². The molecule has 3 aromatic rings. The predicted molar refractivity (Wildman–Crippen MR) is 117 cm³/mol. The molecule has 150 valence electrons. The van der Waals surface area contributed by atoms with Crippen molar-refractivity contribution in [3.63, 3.8) is 0 Å². The lowest BCUT2D eigenvalue weighted by atomic mass is 10.1. The van der Waals surface area contributed by atoms with E-state index < -0.39 is 5.82 Å². The maximum Gasteiger partial charge on any atom is 0.160 e. The molecule has 0 aliphatic rings. The average molecular weight is 413 g/mol. The summed E-state index contributed by atoms with van der Waals surface area (Å²) in [6, 6.07) is 6.68. The van der Waals surface area contributed by atoms with E-state index in [9.17, 15) is 4.39 Å². The summed E-state index contributed by atoms with van der Waals surface area (Å²) in [4.78, 5) is 15.2. The standard InChI is InChI=1S/C21H22ClFN6/c1-4-8-24-19-7-6-17-20(28-19)21(26-13-25-17)27-18-11-15(22)16(23)10-14(18)12-29(3)9-5-2/h4-7,10-11,13H,1-2,8-9,12H2,3H3,(H,24,28)(H,25,26,27). The number of hydrogen-bond acceptors (Lipinski definition) is 6. The molecule has 0 saturated carbocycles. The van der Waals surface area contributed by atoms with E-state index in [4.69, 9.17) is 11.6 Å². The molecule has 6 nitrogen and oxygen atoms in total. The Morgan fingerprint density at radius 3 is 2.79 bits per heavy atom.